The largest absolute Gasteiger partial charge is 0.367 e. The third-order valence-corrected chi connectivity index (χ3v) is 3.60. The van der Waals surface area contributed by atoms with Gasteiger partial charge in [0, 0.05) is 13.7 Å². The van der Waals surface area contributed by atoms with Crippen LogP contribution in [0.1, 0.15) is 24.5 Å². The maximum absolute atomic E-state index is 12.1. The van der Waals surface area contributed by atoms with E-state index >= 15 is 0 Å². The summed E-state index contributed by atoms with van der Waals surface area (Å²) in [5.74, 6) is -0.0941. The Morgan fingerprint density at radius 3 is 2.61 bits per heavy atom. The van der Waals surface area contributed by atoms with Crippen molar-refractivity contribution in [3.05, 3.63) is 35.9 Å². The highest BCUT2D eigenvalue weighted by molar-refractivity contribution is 5.82. The summed E-state index contributed by atoms with van der Waals surface area (Å²) in [7, 11) is 1.55. The zero-order valence-electron chi connectivity index (χ0n) is 10.7. The molecule has 98 valence electrons. The second kappa shape index (κ2) is 5.50. The molecule has 0 aliphatic heterocycles. The van der Waals surface area contributed by atoms with E-state index in [4.69, 9.17) is 10.5 Å². The molecule has 0 radical (unpaired) electrons. The van der Waals surface area contributed by atoms with E-state index in [9.17, 15) is 4.79 Å². The Hall–Kier alpha value is -1.39. The van der Waals surface area contributed by atoms with Gasteiger partial charge in [0.2, 0.25) is 0 Å². The Morgan fingerprint density at radius 2 is 2.11 bits per heavy atom. The van der Waals surface area contributed by atoms with E-state index in [0.717, 1.165) is 18.4 Å². The van der Waals surface area contributed by atoms with E-state index in [1.165, 1.54) is 0 Å². The van der Waals surface area contributed by atoms with Crippen LogP contribution < -0.4 is 11.1 Å². The number of carbonyl (C=O) groups is 1. The first-order chi connectivity index (χ1) is 8.71. The molecule has 0 spiro atoms. The monoisotopic (exact) mass is 248 g/mol. The molecule has 1 unspecified atom stereocenters. The lowest BCUT2D eigenvalue weighted by Gasteiger charge is -2.18. The number of carbonyl (C=O) groups excluding carboxylic acids is 1. The van der Waals surface area contributed by atoms with Crippen LogP contribution in [0.5, 0.6) is 0 Å². The van der Waals surface area contributed by atoms with E-state index in [1.54, 1.807) is 7.11 Å². The first-order valence-corrected chi connectivity index (χ1v) is 6.26. The van der Waals surface area contributed by atoms with Crippen LogP contribution in [0.3, 0.4) is 0 Å². The number of nitrogens with two attached hydrogens (primary N) is 1. The molecule has 1 aromatic carbocycles. The molecule has 1 atom stereocenters. The van der Waals surface area contributed by atoms with Crippen LogP contribution in [0.2, 0.25) is 0 Å². The van der Waals surface area contributed by atoms with Gasteiger partial charge in [0.25, 0.3) is 5.91 Å². The number of methoxy groups -OCH3 is 1. The van der Waals surface area contributed by atoms with Crippen LogP contribution in [-0.2, 0) is 9.53 Å². The van der Waals surface area contributed by atoms with Crippen LogP contribution in [0.15, 0.2) is 30.3 Å². The highest BCUT2D eigenvalue weighted by Crippen LogP contribution is 2.43. The molecule has 0 heterocycles. The summed E-state index contributed by atoms with van der Waals surface area (Å²) in [6.07, 6.45) is 1.67. The number of hydrogen-bond donors (Lipinski definition) is 2. The SMILES string of the molecule is COC(C(=O)NCC1(CN)CC1)c1ccccc1. The third kappa shape index (κ3) is 2.89. The van der Waals surface area contributed by atoms with E-state index in [2.05, 4.69) is 5.32 Å². The number of hydrogen-bond acceptors (Lipinski definition) is 3. The fourth-order valence-corrected chi connectivity index (χ4v) is 2.02. The predicted octanol–water partition coefficient (Wildman–Crippen LogP) is 1.23. The number of rotatable bonds is 6. The quantitative estimate of drug-likeness (QED) is 0.796. The molecule has 4 nitrogen and oxygen atoms in total. The molecule has 18 heavy (non-hydrogen) atoms. The Balaban J connectivity index is 1.94. The minimum absolute atomic E-state index is 0.0941. The van der Waals surface area contributed by atoms with Crippen molar-refractivity contribution < 1.29 is 9.53 Å². The molecule has 1 saturated carbocycles. The average Bonchev–Trinajstić information content (AvgIpc) is 3.19. The summed E-state index contributed by atoms with van der Waals surface area (Å²) in [4.78, 5) is 12.1. The summed E-state index contributed by atoms with van der Waals surface area (Å²) >= 11 is 0. The Morgan fingerprint density at radius 1 is 1.44 bits per heavy atom. The minimum atomic E-state index is -0.542. The minimum Gasteiger partial charge on any atom is -0.367 e. The molecule has 1 amide bonds. The molecule has 1 aliphatic rings. The zero-order valence-corrected chi connectivity index (χ0v) is 10.7. The van der Waals surface area contributed by atoms with Gasteiger partial charge in [0.15, 0.2) is 6.10 Å². The highest BCUT2D eigenvalue weighted by Gasteiger charge is 2.41. The van der Waals surface area contributed by atoms with Crippen molar-refractivity contribution in [3.63, 3.8) is 0 Å². The average molecular weight is 248 g/mol. The normalized spacial score (nSPS) is 18.1. The molecular formula is C14H20N2O2. The Kier molecular flexibility index (Phi) is 3.99. The molecule has 1 fully saturated rings. The molecule has 0 aromatic heterocycles. The van der Waals surface area contributed by atoms with E-state index < -0.39 is 6.10 Å². The van der Waals surface area contributed by atoms with Crippen molar-refractivity contribution in [2.75, 3.05) is 20.2 Å². The zero-order chi connectivity index (χ0) is 13.0. The van der Waals surface area contributed by atoms with Gasteiger partial charge in [-0.05, 0) is 30.4 Å². The van der Waals surface area contributed by atoms with Gasteiger partial charge in [0.05, 0.1) is 0 Å². The summed E-state index contributed by atoms with van der Waals surface area (Å²) in [5.41, 5.74) is 6.71. The number of benzene rings is 1. The number of nitrogens with one attached hydrogen (secondary N) is 1. The predicted molar refractivity (Wildman–Crippen MR) is 69.9 cm³/mol. The maximum Gasteiger partial charge on any atom is 0.253 e. The van der Waals surface area contributed by atoms with Crippen LogP contribution in [-0.4, -0.2) is 26.1 Å². The fourth-order valence-electron chi connectivity index (χ4n) is 2.02. The van der Waals surface area contributed by atoms with Crippen LogP contribution >= 0.6 is 0 Å². The maximum atomic E-state index is 12.1. The van der Waals surface area contributed by atoms with Crippen molar-refractivity contribution in [3.8, 4) is 0 Å². The molecule has 4 heteroatoms. The third-order valence-electron chi connectivity index (χ3n) is 3.60. The van der Waals surface area contributed by atoms with Gasteiger partial charge < -0.3 is 15.8 Å². The standard InChI is InChI=1S/C14H20N2O2/c1-18-12(11-5-3-2-4-6-11)13(17)16-10-14(9-15)7-8-14/h2-6,12H,7-10,15H2,1H3,(H,16,17). The number of ether oxygens (including phenoxy) is 1. The van der Waals surface area contributed by atoms with Gasteiger partial charge in [0.1, 0.15) is 0 Å². The molecule has 0 bridgehead atoms. The van der Waals surface area contributed by atoms with Gasteiger partial charge >= 0.3 is 0 Å². The van der Waals surface area contributed by atoms with Crippen molar-refractivity contribution in [1.82, 2.24) is 5.32 Å². The lowest BCUT2D eigenvalue weighted by molar-refractivity contribution is -0.131. The smallest absolute Gasteiger partial charge is 0.253 e. The van der Waals surface area contributed by atoms with E-state index in [1.807, 2.05) is 30.3 Å². The first kappa shape index (κ1) is 13.1. The molecule has 3 N–H and O–H groups in total. The van der Waals surface area contributed by atoms with Crippen LogP contribution in [0.25, 0.3) is 0 Å². The summed E-state index contributed by atoms with van der Waals surface area (Å²) in [5, 5.41) is 2.94. The molecule has 1 aromatic rings. The molecule has 0 saturated heterocycles. The second-order valence-electron chi connectivity index (χ2n) is 4.95. The van der Waals surface area contributed by atoms with Crippen molar-refractivity contribution >= 4 is 5.91 Å². The Bertz CT molecular complexity index is 402. The highest BCUT2D eigenvalue weighted by atomic mass is 16.5. The van der Waals surface area contributed by atoms with Crippen LogP contribution in [0, 0.1) is 5.41 Å². The molecular weight excluding hydrogens is 228 g/mol. The lowest BCUT2D eigenvalue weighted by Crippen LogP contribution is -2.37. The van der Waals surface area contributed by atoms with Gasteiger partial charge in [-0.1, -0.05) is 30.3 Å². The van der Waals surface area contributed by atoms with Gasteiger partial charge in [-0.15, -0.1) is 0 Å². The Labute approximate surface area is 108 Å². The van der Waals surface area contributed by atoms with Crippen molar-refractivity contribution in [1.29, 1.82) is 0 Å². The van der Waals surface area contributed by atoms with E-state index in [0.29, 0.717) is 13.1 Å². The topological polar surface area (TPSA) is 64.3 Å². The van der Waals surface area contributed by atoms with Gasteiger partial charge in [-0.25, -0.2) is 0 Å². The molecule has 2 rings (SSSR count). The summed E-state index contributed by atoms with van der Waals surface area (Å²) in [6, 6.07) is 9.50. The van der Waals surface area contributed by atoms with Crippen molar-refractivity contribution in [2.24, 2.45) is 11.1 Å². The van der Waals surface area contributed by atoms with Crippen LogP contribution in [0.4, 0.5) is 0 Å². The number of amides is 1. The molecule has 1 aliphatic carbocycles. The van der Waals surface area contributed by atoms with Gasteiger partial charge in [-0.2, -0.15) is 0 Å². The first-order valence-electron chi connectivity index (χ1n) is 6.26. The fraction of sp³-hybridized carbons (Fsp3) is 0.500. The van der Waals surface area contributed by atoms with E-state index in [-0.39, 0.29) is 11.3 Å². The second-order valence-corrected chi connectivity index (χ2v) is 4.95. The summed E-state index contributed by atoms with van der Waals surface area (Å²) in [6.45, 7) is 1.28. The van der Waals surface area contributed by atoms with Crippen molar-refractivity contribution in [2.45, 2.75) is 18.9 Å². The summed E-state index contributed by atoms with van der Waals surface area (Å²) < 4.78 is 5.27. The van der Waals surface area contributed by atoms with Gasteiger partial charge in [-0.3, -0.25) is 4.79 Å². The lowest BCUT2D eigenvalue weighted by atomic mass is 10.1.